The molecule has 1 aliphatic heterocycles. The Kier molecular flexibility index (Phi) is 5.35. The number of sulfonamides is 1. The Morgan fingerprint density at radius 2 is 2.14 bits per heavy atom. The molecule has 6 heteroatoms. The van der Waals surface area contributed by atoms with Crippen molar-refractivity contribution >= 4 is 10.0 Å². The van der Waals surface area contributed by atoms with Crippen LogP contribution in [0.2, 0.25) is 0 Å². The van der Waals surface area contributed by atoms with Gasteiger partial charge in [0.25, 0.3) is 0 Å². The molecule has 0 spiro atoms. The smallest absolute Gasteiger partial charge is 0.214 e. The highest BCUT2D eigenvalue weighted by molar-refractivity contribution is 7.89. The third-order valence-electron chi connectivity index (χ3n) is 4.18. The van der Waals surface area contributed by atoms with Crippen molar-refractivity contribution in [2.75, 3.05) is 25.9 Å². The van der Waals surface area contributed by atoms with E-state index in [4.69, 9.17) is 0 Å². The predicted octanol–water partition coefficient (Wildman–Crippen LogP) is 2.15. The average molecular weight is 314 g/mol. The van der Waals surface area contributed by atoms with E-state index in [-0.39, 0.29) is 17.5 Å². The Balaban J connectivity index is 2.10. The first kappa shape index (κ1) is 16.4. The molecule has 0 saturated carbocycles. The van der Waals surface area contributed by atoms with Crippen LogP contribution in [0.1, 0.15) is 31.4 Å². The fourth-order valence-electron chi connectivity index (χ4n) is 2.73. The summed E-state index contributed by atoms with van der Waals surface area (Å²) in [6, 6.07) is 5.81. The van der Waals surface area contributed by atoms with Crippen molar-refractivity contribution in [3.63, 3.8) is 0 Å². The van der Waals surface area contributed by atoms with Gasteiger partial charge in [-0.3, -0.25) is 0 Å². The zero-order chi connectivity index (χ0) is 15.5. The molecule has 118 valence electrons. The van der Waals surface area contributed by atoms with Gasteiger partial charge in [0.05, 0.1) is 5.75 Å². The van der Waals surface area contributed by atoms with Crippen LogP contribution in [0.3, 0.4) is 0 Å². The number of rotatable bonds is 5. The van der Waals surface area contributed by atoms with E-state index in [9.17, 15) is 12.8 Å². The molecule has 0 aliphatic carbocycles. The van der Waals surface area contributed by atoms with Crippen LogP contribution in [0.5, 0.6) is 0 Å². The third kappa shape index (κ3) is 4.02. The Hall–Kier alpha value is -0.980. The number of nitrogens with one attached hydrogen (secondary N) is 1. The topological polar surface area (TPSA) is 49.4 Å². The molecule has 0 bridgehead atoms. The second-order valence-corrected chi connectivity index (χ2v) is 7.78. The van der Waals surface area contributed by atoms with Crippen LogP contribution in [0.15, 0.2) is 24.3 Å². The van der Waals surface area contributed by atoms with Gasteiger partial charge in [0.2, 0.25) is 10.0 Å². The van der Waals surface area contributed by atoms with E-state index in [1.165, 1.54) is 17.4 Å². The summed E-state index contributed by atoms with van der Waals surface area (Å²) >= 11 is 0. The molecule has 1 fully saturated rings. The van der Waals surface area contributed by atoms with E-state index in [0.717, 1.165) is 25.9 Å². The summed E-state index contributed by atoms with van der Waals surface area (Å²) < 4.78 is 40.1. The second-order valence-electron chi connectivity index (χ2n) is 5.70. The van der Waals surface area contributed by atoms with Crippen molar-refractivity contribution in [2.24, 2.45) is 5.92 Å². The number of halogens is 1. The molecule has 0 amide bonds. The molecule has 21 heavy (non-hydrogen) atoms. The van der Waals surface area contributed by atoms with Crippen LogP contribution in [-0.2, 0) is 10.0 Å². The maximum absolute atomic E-state index is 13.8. The van der Waals surface area contributed by atoms with Gasteiger partial charge in [0.1, 0.15) is 5.82 Å². The fourth-order valence-corrected chi connectivity index (χ4v) is 4.44. The minimum atomic E-state index is -3.40. The van der Waals surface area contributed by atoms with Crippen molar-refractivity contribution in [1.82, 2.24) is 9.62 Å². The largest absolute Gasteiger partial charge is 0.316 e. The van der Waals surface area contributed by atoms with Gasteiger partial charge in [0.15, 0.2) is 0 Å². The van der Waals surface area contributed by atoms with E-state index in [1.54, 1.807) is 25.1 Å². The van der Waals surface area contributed by atoms with E-state index < -0.39 is 16.1 Å². The minimum Gasteiger partial charge on any atom is -0.316 e. The van der Waals surface area contributed by atoms with Gasteiger partial charge < -0.3 is 5.32 Å². The number of hydrogen-bond donors (Lipinski definition) is 1. The molecule has 1 heterocycles. The van der Waals surface area contributed by atoms with Crippen LogP contribution >= 0.6 is 0 Å². The van der Waals surface area contributed by atoms with Crippen LogP contribution in [0.4, 0.5) is 4.39 Å². The van der Waals surface area contributed by atoms with Crippen molar-refractivity contribution < 1.29 is 12.8 Å². The first-order chi connectivity index (χ1) is 9.92. The van der Waals surface area contributed by atoms with Crippen LogP contribution < -0.4 is 5.32 Å². The van der Waals surface area contributed by atoms with Crippen molar-refractivity contribution in [3.05, 3.63) is 35.6 Å². The van der Waals surface area contributed by atoms with Gasteiger partial charge in [-0.25, -0.2) is 12.8 Å². The average Bonchev–Trinajstić information content (AvgIpc) is 2.47. The molecular weight excluding hydrogens is 291 g/mol. The second kappa shape index (κ2) is 6.85. The quantitative estimate of drug-likeness (QED) is 0.906. The summed E-state index contributed by atoms with van der Waals surface area (Å²) in [7, 11) is -1.87. The molecule has 2 rings (SSSR count). The van der Waals surface area contributed by atoms with Gasteiger partial charge in [-0.05, 0) is 44.8 Å². The lowest BCUT2D eigenvalue weighted by Crippen LogP contribution is -2.39. The number of nitrogens with zero attached hydrogens (tertiary/aromatic N) is 1. The zero-order valence-electron chi connectivity index (χ0n) is 12.5. The summed E-state index contributed by atoms with van der Waals surface area (Å²) in [6.45, 7) is 3.41. The molecule has 1 aromatic rings. The lowest BCUT2D eigenvalue weighted by atomic mass is 10.0. The first-order valence-electron chi connectivity index (χ1n) is 7.32. The predicted molar refractivity (Wildman–Crippen MR) is 82.0 cm³/mol. The van der Waals surface area contributed by atoms with Gasteiger partial charge in [-0.15, -0.1) is 0 Å². The van der Waals surface area contributed by atoms with E-state index >= 15 is 0 Å². The summed E-state index contributed by atoms with van der Waals surface area (Å²) in [5, 5.41) is 3.22. The highest BCUT2D eigenvalue weighted by atomic mass is 32.2. The Morgan fingerprint density at radius 1 is 1.43 bits per heavy atom. The fraction of sp³-hybridized carbons (Fsp3) is 0.600. The lowest BCUT2D eigenvalue weighted by Gasteiger charge is -2.28. The molecule has 1 aromatic carbocycles. The van der Waals surface area contributed by atoms with Gasteiger partial charge in [-0.2, -0.15) is 4.31 Å². The highest BCUT2D eigenvalue weighted by Gasteiger charge is 2.29. The van der Waals surface area contributed by atoms with Crippen molar-refractivity contribution in [1.29, 1.82) is 0 Å². The lowest BCUT2D eigenvalue weighted by molar-refractivity contribution is 0.365. The number of piperidine rings is 1. The van der Waals surface area contributed by atoms with Crippen LogP contribution in [0.25, 0.3) is 0 Å². The number of benzene rings is 1. The minimum absolute atomic E-state index is 0.120. The molecule has 2 atom stereocenters. The molecule has 4 nitrogen and oxygen atoms in total. The first-order valence-corrected chi connectivity index (χ1v) is 8.93. The van der Waals surface area contributed by atoms with E-state index in [1.807, 2.05) is 0 Å². The van der Waals surface area contributed by atoms with Gasteiger partial charge >= 0.3 is 0 Å². The Morgan fingerprint density at radius 3 is 2.76 bits per heavy atom. The molecule has 0 radical (unpaired) electrons. The third-order valence-corrected chi connectivity index (χ3v) is 6.27. The van der Waals surface area contributed by atoms with Crippen LogP contribution in [-0.4, -0.2) is 38.6 Å². The molecule has 1 saturated heterocycles. The summed E-state index contributed by atoms with van der Waals surface area (Å²) in [5.41, 5.74) is 0.408. The summed E-state index contributed by atoms with van der Waals surface area (Å²) in [5.74, 6) is -0.111. The van der Waals surface area contributed by atoms with Gasteiger partial charge in [-0.1, -0.05) is 18.2 Å². The normalized spacial score (nSPS) is 21.4. The van der Waals surface area contributed by atoms with E-state index in [2.05, 4.69) is 5.32 Å². The maximum atomic E-state index is 13.8. The molecule has 1 aliphatic rings. The summed E-state index contributed by atoms with van der Waals surface area (Å²) in [4.78, 5) is 0. The summed E-state index contributed by atoms with van der Waals surface area (Å²) in [6.07, 6.45) is 1.93. The standard InChI is InChI=1S/C15H23FN2O2S/c1-12(14-7-3-4-8-15(14)16)18(2)21(19,20)11-13-6-5-9-17-10-13/h3-4,7-8,12-13,17H,5-6,9-11H2,1-2H3. The molecular formula is C15H23FN2O2S. The van der Waals surface area contributed by atoms with Crippen molar-refractivity contribution in [2.45, 2.75) is 25.8 Å². The highest BCUT2D eigenvalue weighted by Crippen LogP contribution is 2.25. The Bertz CT molecular complexity index is 571. The van der Waals surface area contributed by atoms with Crippen LogP contribution in [0, 0.1) is 11.7 Å². The SMILES string of the molecule is CC(c1ccccc1F)N(C)S(=O)(=O)CC1CCCNC1. The van der Waals surface area contributed by atoms with Crippen molar-refractivity contribution in [3.8, 4) is 0 Å². The molecule has 1 N–H and O–H groups in total. The Labute approximate surface area is 126 Å². The molecule has 0 aromatic heterocycles. The van der Waals surface area contributed by atoms with Gasteiger partial charge in [0, 0.05) is 18.7 Å². The molecule has 2 unspecified atom stereocenters. The maximum Gasteiger partial charge on any atom is 0.214 e. The zero-order valence-corrected chi connectivity index (χ0v) is 13.4. The number of hydrogen-bond acceptors (Lipinski definition) is 3. The van der Waals surface area contributed by atoms with E-state index in [0.29, 0.717) is 5.56 Å². The monoisotopic (exact) mass is 314 g/mol.